The Morgan fingerprint density at radius 1 is 0.769 bits per heavy atom. The minimum absolute atomic E-state index is 2.00. The molecular formula is C6H8N2O4S. The van der Waals surface area contributed by atoms with E-state index < -0.39 is 10.4 Å². The zero-order chi connectivity index (χ0) is 10.7. The van der Waals surface area contributed by atoms with E-state index in [-0.39, 0.29) is 0 Å². The molecule has 0 heterocycles. The summed E-state index contributed by atoms with van der Waals surface area (Å²) >= 11 is 0. The van der Waals surface area contributed by atoms with E-state index in [2.05, 4.69) is 0 Å². The van der Waals surface area contributed by atoms with Crippen molar-refractivity contribution in [3.8, 4) is 0 Å². The van der Waals surface area contributed by atoms with E-state index in [0.29, 0.717) is 0 Å². The average Bonchev–Trinajstić information content (AvgIpc) is 2.08. The molecule has 0 radical (unpaired) electrons. The third kappa shape index (κ3) is 37.4. The second-order valence-electron chi connectivity index (χ2n) is 1.60. The van der Waals surface area contributed by atoms with Crippen molar-refractivity contribution in [2.75, 3.05) is 0 Å². The van der Waals surface area contributed by atoms with E-state index in [9.17, 15) is 0 Å². The van der Waals surface area contributed by atoms with Gasteiger partial charge in [-0.1, -0.05) is 36.4 Å². The van der Waals surface area contributed by atoms with Gasteiger partial charge in [-0.15, -0.1) is 0 Å². The van der Waals surface area contributed by atoms with Crippen LogP contribution in [0.3, 0.4) is 0 Å². The van der Waals surface area contributed by atoms with Crippen molar-refractivity contribution in [3.63, 3.8) is 0 Å². The Morgan fingerprint density at radius 2 is 0.846 bits per heavy atom. The normalized spacial score (nSPS) is 8.31. The lowest BCUT2D eigenvalue weighted by atomic mass is 10.4. The Kier molecular flexibility index (Phi) is 9.31. The first-order chi connectivity index (χ1) is 6.00. The number of nitrogens with zero attached hydrogens (tertiary/aromatic N) is 2. The molecule has 0 atom stereocenters. The molecule has 13 heavy (non-hydrogen) atoms. The topological polar surface area (TPSA) is 122 Å². The SMILES string of the molecule is N#N.O=S(=O)(O)O.c1ccccc1. The summed E-state index contributed by atoms with van der Waals surface area (Å²) in [7, 11) is -4.67. The largest absolute Gasteiger partial charge is 0.394 e. The third-order valence-electron chi connectivity index (χ3n) is 0.667. The van der Waals surface area contributed by atoms with Gasteiger partial charge in [0.25, 0.3) is 0 Å². The van der Waals surface area contributed by atoms with Gasteiger partial charge < -0.3 is 0 Å². The summed E-state index contributed by atoms with van der Waals surface area (Å²) in [4.78, 5) is 0. The van der Waals surface area contributed by atoms with Gasteiger partial charge >= 0.3 is 10.4 Å². The van der Waals surface area contributed by atoms with Crippen LogP contribution < -0.4 is 0 Å². The van der Waals surface area contributed by atoms with Crippen LogP contribution in [0.2, 0.25) is 0 Å². The summed E-state index contributed by atoms with van der Waals surface area (Å²) in [6.45, 7) is 0. The van der Waals surface area contributed by atoms with Crippen LogP contribution in [-0.4, -0.2) is 17.5 Å². The Hall–Kier alpha value is -1.49. The Morgan fingerprint density at radius 3 is 0.923 bits per heavy atom. The van der Waals surface area contributed by atoms with Gasteiger partial charge in [-0.2, -0.15) is 8.42 Å². The zero-order valence-corrected chi connectivity index (χ0v) is 7.29. The van der Waals surface area contributed by atoms with Crippen LogP contribution in [0.1, 0.15) is 0 Å². The van der Waals surface area contributed by atoms with Crippen molar-refractivity contribution in [2.45, 2.75) is 0 Å². The highest BCUT2D eigenvalue weighted by molar-refractivity contribution is 7.79. The lowest BCUT2D eigenvalue weighted by Gasteiger charge is -1.69. The third-order valence-corrected chi connectivity index (χ3v) is 0.667. The van der Waals surface area contributed by atoms with Crippen molar-refractivity contribution in [3.05, 3.63) is 36.4 Å². The van der Waals surface area contributed by atoms with Crippen LogP contribution in [0.5, 0.6) is 0 Å². The molecule has 1 aromatic carbocycles. The predicted octanol–water partition coefficient (Wildman–Crippen LogP) is 1.06. The van der Waals surface area contributed by atoms with Crippen molar-refractivity contribution in [1.82, 2.24) is 0 Å². The molecule has 0 aliphatic rings. The Bertz CT molecular complexity index is 273. The standard InChI is InChI=1S/C6H6.N2.H2O4S/c1-2-4-6-5-3-1;1-2;1-5(2,3)4/h1-6H;;(H2,1,2,3,4). The lowest BCUT2D eigenvalue weighted by Crippen LogP contribution is -1.89. The molecule has 0 saturated carbocycles. The molecule has 7 heteroatoms. The molecule has 1 rings (SSSR count). The molecule has 1 aromatic rings. The van der Waals surface area contributed by atoms with Crippen LogP contribution in [0, 0.1) is 10.8 Å². The first kappa shape index (κ1) is 14.1. The number of rotatable bonds is 0. The van der Waals surface area contributed by atoms with Gasteiger partial charge in [0.05, 0.1) is 0 Å². The monoisotopic (exact) mass is 204 g/mol. The summed E-state index contributed by atoms with van der Waals surface area (Å²) in [5.74, 6) is 0. The number of hydrogen-bond acceptors (Lipinski definition) is 4. The maximum atomic E-state index is 8.74. The number of benzene rings is 1. The first-order valence-corrected chi connectivity index (χ1v) is 4.30. The molecule has 0 aromatic heterocycles. The molecule has 0 fully saturated rings. The highest BCUT2D eigenvalue weighted by Gasteiger charge is 1.84. The van der Waals surface area contributed by atoms with E-state index in [4.69, 9.17) is 28.3 Å². The number of hydrogen-bond donors (Lipinski definition) is 2. The quantitative estimate of drug-likeness (QED) is 0.481. The molecular weight excluding hydrogens is 196 g/mol. The second kappa shape index (κ2) is 8.61. The van der Waals surface area contributed by atoms with Crippen molar-refractivity contribution < 1.29 is 17.5 Å². The van der Waals surface area contributed by atoms with Crippen LogP contribution in [0.25, 0.3) is 0 Å². The fraction of sp³-hybridized carbons (Fsp3) is 0. The van der Waals surface area contributed by atoms with Gasteiger partial charge in [0.2, 0.25) is 0 Å². The maximum Gasteiger partial charge on any atom is 0.394 e. The van der Waals surface area contributed by atoms with E-state index in [0.717, 1.165) is 0 Å². The molecule has 0 aliphatic carbocycles. The fourth-order valence-electron chi connectivity index (χ4n) is 0.385. The summed E-state index contributed by atoms with van der Waals surface area (Å²) < 4.78 is 31.6. The van der Waals surface area contributed by atoms with Crippen LogP contribution in [0.4, 0.5) is 0 Å². The average molecular weight is 204 g/mol. The highest BCUT2D eigenvalue weighted by Crippen LogP contribution is 1.79. The Balaban J connectivity index is 0. The highest BCUT2D eigenvalue weighted by atomic mass is 32.3. The van der Waals surface area contributed by atoms with Gasteiger partial charge in [0.1, 0.15) is 0 Å². The summed E-state index contributed by atoms with van der Waals surface area (Å²) in [6.07, 6.45) is 0. The minimum Gasteiger partial charge on any atom is -0.264 e. The molecule has 0 amide bonds. The lowest BCUT2D eigenvalue weighted by molar-refractivity contribution is 0.381. The summed E-state index contributed by atoms with van der Waals surface area (Å²) in [5.41, 5.74) is 0. The van der Waals surface area contributed by atoms with Gasteiger partial charge in [-0.3, -0.25) is 9.11 Å². The van der Waals surface area contributed by atoms with Gasteiger partial charge in [-0.05, 0) is 0 Å². The summed E-state index contributed by atoms with van der Waals surface area (Å²) in [6, 6.07) is 12.0. The zero-order valence-electron chi connectivity index (χ0n) is 6.48. The molecule has 0 spiro atoms. The molecule has 0 aliphatic heterocycles. The Labute approximate surface area is 75.8 Å². The molecule has 2 N–H and O–H groups in total. The van der Waals surface area contributed by atoms with E-state index >= 15 is 0 Å². The van der Waals surface area contributed by atoms with E-state index in [1.807, 2.05) is 36.4 Å². The first-order valence-electron chi connectivity index (χ1n) is 2.90. The van der Waals surface area contributed by atoms with Crippen molar-refractivity contribution in [1.29, 1.82) is 10.8 Å². The summed E-state index contributed by atoms with van der Waals surface area (Å²) in [5, 5.41) is 12.0. The van der Waals surface area contributed by atoms with Crippen molar-refractivity contribution >= 4 is 10.4 Å². The van der Waals surface area contributed by atoms with Crippen LogP contribution >= 0.6 is 0 Å². The van der Waals surface area contributed by atoms with Crippen LogP contribution in [0.15, 0.2) is 36.4 Å². The van der Waals surface area contributed by atoms with Crippen molar-refractivity contribution in [2.24, 2.45) is 0 Å². The van der Waals surface area contributed by atoms with Gasteiger partial charge in [0, 0.05) is 10.8 Å². The fourth-order valence-corrected chi connectivity index (χ4v) is 0.385. The minimum atomic E-state index is -4.67. The van der Waals surface area contributed by atoms with E-state index in [1.165, 1.54) is 0 Å². The van der Waals surface area contributed by atoms with E-state index in [1.54, 1.807) is 0 Å². The molecule has 0 bridgehead atoms. The molecule has 6 nitrogen and oxygen atoms in total. The van der Waals surface area contributed by atoms with Gasteiger partial charge in [0.15, 0.2) is 0 Å². The maximum absolute atomic E-state index is 8.74. The smallest absolute Gasteiger partial charge is 0.264 e. The molecule has 72 valence electrons. The predicted molar refractivity (Wildman–Crippen MR) is 44.1 cm³/mol. The van der Waals surface area contributed by atoms with Crippen LogP contribution in [-0.2, 0) is 10.4 Å². The van der Waals surface area contributed by atoms with Gasteiger partial charge in [-0.25, -0.2) is 0 Å². The molecule has 0 unspecified atom stereocenters. The molecule has 0 saturated heterocycles. The second-order valence-corrected chi connectivity index (χ2v) is 2.50.